The largest absolute Gasteiger partial charge is 0.492 e. The summed E-state index contributed by atoms with van der Waals surface area (Å²) in [6.07, 6.45) is 2.16. The van der Waals surface area contributed by atoms with Crippen molar-refractivity contribution >= 4 is 36.0 Å². The van der Waals surface area contributed by atoms with Crippen LogP contribution in [0.15, 0.2) is 6.07 Å². The molecule has 10 nitrogen and oxygen atoms in total. The summed E-state index contributed by atoms with van der Waals surface area (Å²) in [5, 5.41) is 0.431. The van der Waals surface area contributed by atoms with Gasteiger partial charge in [-0.1, -0.05) is 11.6 Å². The number of nitrogens with two attached hydrogens (primary N) is 1. The summed E-state index contributed by atoms with van der Waals surface area (Å²) >= 11 is 6.71. The number of ether oxygens (including phenoxy) is 3. The SMILES string of the molecule is CC(CCC(=O)OC(C)(C)C)N1Cc2c3c(cc(Cl)c2C1=O)C1(CCN(C(=O)OC(C)(C)C)CC1)CO3.NC=O. The summed E-state index contributed by atoms with van der Waals surface area (Å²) in [4.78, 5) is 50.2. The second-order valence-electron chi connectivity index (χ2n) is 12.7. The zero-order chi connectivity index (χ0) is 30.0. The van der Waals surface area contributed by atoms with Crippen LogP contribution in [0.25, 0.3) is 0 Å². The number of amides is 3. The van der Waals surface area contributed by atoms with Crippen molar-refractivity contribution < 1.29 is 33.4 Å². The van der Waals surface area contributed by atoms with E-state index in [1.54, 1.807) is 9.80 Å². The van der Waals surface area contributed by atoms with Gasteiger partial charge in [0.1, 0.15) is 17.0 Å². The first-order chi connectivity index (χ1) is 18.5. The smallest absolute Gasteiger partial charge is 0.410 e. The van der Waals surface area contributed by atoms with Crippen molar-refractivity contribution in [2.45, 2.75) is 103 Å². The topological polar surface area (TPSA) is 128 Å². The number of halogens is 1. The Morgan fingerprint density at radius 1 is 1.15 bits per heavy atom. The molecule has 1 aromatic rings. The van der Waals surface area contributed by atoms with Crippen molar-refractivity contribution in [1.29, 1.82) is 0 Å². The van der Waals surface area contributed by atoms with Gasteiger partial charge in [0.2, 0.25) is 6.41 Å². The van der Waals surface area contributed by atoms with Crippen LogP contribution in [0.1, 0.15) is 95.6 Å². The van der Waals surface area contributed by atoms with E-state index in [1.165, 1.54) is 0 Å². The lowest BCUT2D eigenvalue weighted by atomic mass is 9.74. The third-order valence-electron chi connectivity index (χ3n) is 7.29. The first kappa shape index (κ1) is 31.5. The molecule has 1 aromatic carbocycles. The molecule has 0 saturated carbocycles. The molecule has 3 amide bonds. The maximum absolute atomic E-state index is 13.3. The van der Waals surface area contributed by atoms with Crippen LogP contribution in [0.4, 0.5) is 4.79 Å². The Morgan fingerprint density at radius 2 is 1.73 bits per heavy atom. The van der Waals surface area contributed by atoms with Crippen molar-refractivity contribution in [3.63, 3.8) is 0 Å². The van der Waals surface area contributed by atoms with Gasteiger partial charge in [0.05, 0.1) is 23.7 Å². The lowest BCUT2D eigenvalue weighted by molar-refractivity contribution is -0.155. The number of carbonyl (C=O) groups is 4. The van der Waals surface area contributed by atoms with Crippen molar-refractivity contribution in [1.82, 2.24) is 9.80 Å². The van der Waals surface area contributed by atoms with Crippen LogP contribution < -0.4 is 10.5 Å². The molecule has 1 fully saturated rings. The number of nitrogens with zero attached hydrogens (tertiary/aromatic N) is 2. The molecule has 1 saturated heterocycles. The highest BCUT2D eigenvalue weighted by Gasteiger charge is 2.48. The summed E-state index contributed by atoms with van der Waals surface area (Å²) in [5.74, 6) is 0.342. The Kier molecular flexibility index (Phi) is 9.33. The van der Waals surface area contributed by atoms with E-state index in [0.29, 0.717) is 43.2 Å². The zero-order valence-electron chi connectivity index (χ0n) is 24.6. The van der Waals surface area contributed by atoms with Crippen LogP contribution in [-0.2, 0) is 31.0 Å². The molecular formula is C29H42ClN3O7. The predicted molar refractivity (Wildman–Crippen MR) is 150 cm³/mol. The predicted octanol–water partition coefficient (Wildman–Crippen LogP) is 4.57. The summed E-state index contributed by atoms with van der Waals surface area (Å²) in [6, 6.07) is 1.73. The fourth-order valence-electron chi connectivity index (χ4n) is 5.39. The molecule has 2 N–H and O–H groups in total. The molecule has 0 bridgehead atoms. The molecule has 0 aromatic heterocycles. The maximum Gasteiger partial charge on any atom is 0.410 e. The van der Waals surface area contributed by atoms with E-state index in [2.05, 4.69) is 5.73 Å². The molecular weight excluding hydrogens is 538 g/mol. The third kappa shape index (κ3) is 7.00. The van der Waals surface area contributed by atoms with Crippen LogP contribution >= 0.6 is 11.6 Å². The number of rotatable bonds is 4. The van der Waals surface area contributed by atoms with Crippen molar-refractivity contribution in [3.05, 3.63) is 27.8 Å². The highest BCUT2D eigenvalue weighted by Crippen LogP contribution is 2.51. The molecule has 11 heteroatoms. The van der Waals surface area contributed by atoms with E-state index in [1.807, 2.05) is 54.5 Å². The number of benzene rings is 1. The second-order valence-corrected chi connectivity index (χ2v) is 13.1. The molecule has 222 valence electrons. The number of hydrogen-bond acceptors (Lipinski definition) is 7. The fourth-order valence-corrected chi connectivity index (χ4v) is 5.69. The third-order valence-corrected chi connectivity index (χ3v) is 7.59. The second kappa shape index (κ2) is 11.8. The molecule has 1 atom stereocenters. The van der Waals surface area contributed by atoms with Gasteiger partial charge in [0.25, 0.3) is 5.91 Å². The minimum absolute atomic E-state index is 0.135. The van der Waals surface area contributed by atoms with E-state index in [0.717, 1.165) is 29.7 Å². The Labute approximate surface area is 241 Å². The van der Waals surface area contributed by atoms with Crippen molar-refractivity contribution in [2.75, 3.05) is 19.7 Å². The molecule has 1 spiro atoms. The molecule has 1 unspecified atom stereocenters. The van der Waals surface area contributed by atoms with Crippen molar-refractivity contribution in [3.8, 4) is 5.75 Å². The van der Waals surface area contributed by atoms with Crippen LogP contribution in [0.2, 0.25) is 5.02 Å². The standard InChI is InChI=1S/C28H39ClN2O6.CH3NO/c1-17(8-9-21(32)36-26(2,3)4)31-15-18-22(24(31)33)20(29)14-19-23(18)35-16-28(19)10-12-30(13-11-28)25(34)37-27(5,6)7;2-1-3/h14,17H,8-13,15-16H2,1-7H3;1H,(H2,2,3). The molecule has 4 rings (SSSR count). The van der Waals surface area contributed by atoms with E-state index in [-0.39, 0.29) is 42.3 Å². The average Bonchev–Trinajstić information content (AvgIpc) is 3.35. The first-order valence-electron chi connectivity index (χ1n) is 13.7. The van der Waals surface area contributed by atoms with Gasteiger partial charge in [-0.25, -0.2) is 4.79 Å². The molecule has 40 heavy (non-hydrogen) atoms. The Hall–Kier alpha value is -3.01. The lowest BCUT2D eigenvalue weighted by Gasteiger charge is -2.39. The normalized spacial score (nSPS) is 18.2. The highest BCUT2D eigenvalue weighted by atomic mass is 35.5. The van der Waals surface area contributed by atoms with Crippen LogP contribution in [0.5, 0.6) is 5.75 Å². The number of primary amides is 1. The van der Waals surface area contributed by atoms with Gasteiger partial charge in [0.15, 0.2) is 0 Å². The van der Waals surface area contributed by atoms with Gasteiger partial charge in [-0.15, -0.1) is 0 Å². The molecule has 3 heterocycles. The highest BCUT2D eigenvalue weighted by molar-refractivity contribution is 6.34. The molecule has 0 aliphatic carbocycles. The quantitative estimate of drug-likeness (QED) is 0.409. The summed E-state index contributed by atoms with van der Waals surface area (Å²) in [5.41, 5.74) is 5.19. The number of piperidine rings is 1. The van der Waals surface area contributed by atoms with E-state index >= 15 is 0 Å². The lowest BCUT2D eigenvalue weighted by Crippen LogP contribution is -2.47. The van der Waals surface area contributed by atoms with Gasteiger partial charge < -0.3 is 29.7 Å². The van der Waals surface area contributed by atoms with E-state index < -0.39 is 11.2 Å². The Morgan fingerprint density at radius 3 is 2.27 bits per heavy atom. The Balaban J connectivity index is 0.00000141. The van der Waals surface area contributed by atoms with Crippen LogP contribution in [-0.4, -0.2) is 71.1 Å². The molecule has 3 aliphatic rings. The Bertz CT molecular complexity index is 1150. The van der Waals surface area contributed by atoms with Gasteiger partial charge in [-0.2, -0.15) is 0 Å². The monoisotopic (exact) mass is 579 g/mol. The van der Waals surface area contributed by atoms with E-state index in [9.17, 15) is 14.4 Å². The summed E-state index contributed by atoms with van der Waals surface area (Å²) in [7, 11) is 0. The van der Waals surface area contributed by atoms with Gasteiger partial charge in [0, 0.05) is 42.1 Å². The minimum Gasteiger partial charge on any atom is -0.492 e. The summed E-state index contributed by atoms with van der Waals surface area (Å²) in [6.45, 7) is 15.1. The number of esters is 1. The van der Waals surface area contributed by atoms with Gasteiger partial charge in [-0.3, -0.25) is 14.4 Å². The van der Waals surface area contributed by atoms with Gasteiger partial charge in [-0.05, 0) is 73.8 Å². The minimum atomic E-state index is -0.537. The number of likely N-dealkylation sites (tertiary alicyclic amines) is 1. The van der Waals surface area contributed by atoms with Crippen LogP contribution in [0, 0.1) is 0 Å². The van der Waals surface area contributed by atoms with E-state index in [4.69, 9.17) is 30.6 Å². The number of carbonyl (C=O) groups excluding carboxylic acids is 4. The van der Waals surface area contributed by atoms with Crippen molar-refractivity contribution in [2.24, 2.45) is 5.73 Å². The number of hydrogen-bond donors (Lipinski definition) is 1. The summed E-state index contributed by atoms with van der Waals surface area (Å²) < 4.78 is 17.2. The average molecular weight is 580 g/mol. The zero-order valence-corrected chi connectivity index (χ0v) is 25.4. The maximum atomic E-state index is 13.3. The number of fused-ring (bicyclic) bond motifs is 4. The molecule has 3 aliphatic heterocycles. The molecule has 0 radical (unpaired) electrons. The van der Waals surface area contributed by atoms with Crippen LogP contribution in [0.3, 0.4) is 0 Å². The van der Waals surface area contributed by atoms with Gasteiger partial charge >= 0.3 is 12.1 Å². The fraction of sp³-hybridized carbons (Fsp3) is 0.655. The first-order valence-corrected chi connectivity index (χ1v) is 14.0.